The van der Waals surface area contributed by atoms with E-state index in [2.05, 4.69) is 15.6 Å². The minimum Gasteiger partial charge on any atom is -0.335 e. The molecule has 17 heavy (non-hydrogen) atoms. The first-order chi connectivity index (χ1) is 8.20. The Balaban J connectivity index is 2.05. The van der Waals surface area contributed by atoms with E-state index >= 15 is 0 Å². The van der Waals surface area contributed by atoms with Gasteiger partial charge in [-0.3, -0.25) is 9.00 Å². The average molecular weight is 255 g/mol. The highest BCUT2D eigenvalue weighted by Gasteiger charge is 2.22. The van der Waals surface area contributed by atoms with E-state index in [1.165, 1.54) is 0 Å². The van der Waals surface area contributed by atoms with Crippen LogP contribution in [0.15, 0.2) is 12.1 Å². The van der Waals surface area contributed by atoms with Gasteiger partial charge < -0.3 is 10.3 Å². The Labute approximate surface area is 101 Å². The third-order valence-corrected chi connectivity index (χ3v) is 3.77. The molecule has 1 amide bonds. The van der Waals surface area contributed by atoms with Crippen LogP contribution in [0.3, 0.4) is 0 Å². The summed E-state index contributed by atoms with van der Waals surface area (Å²) in [6.45, 7) is 1.01. The molecular formula is C9H13N5O2S. The summed E-state index contributed by atoms with van der Waals surface area (Å²) < 4.78 is 11.2. The molecule has 0 radical (unpaired) electrons. The lowest BCUT2D eigenvalue weighted by atomic mass is 10.3. The number of nitrogens with zero attached hydrogens (tertiary/aromatic N) is 3. The monoisotopic (exact) mass is 255 g/mol. The molecule has 0 unspecified atom stereocenters. The van der Waals surface area contributed by atoms with Crippen molar-refractivity contribution in [3.63, 3.8) is 0 Å². The van der Waals surface area contributed by atoms with Gasteiger partial charge in [0.2, 0.25) is 0 Å². The van der Waals surface area contributed by atoms with Crippen LogP contribution in [0.1, 0.15) is 10.5 Å². The van der Waals surface area contributed by atoms with Crippen LogP contribution in [0.4, 0.5) is 5.82 Å². The first kappa shape index (κ1) is 11.9. The van der Waals surface area contributed by atoms with Crippen LogP contribution in [0.5, 0.6) is 0 Å². The fraction of sp³-hybridized carbons (Fsp3) is 0.444. The molecule has 1 aromatic rings. The topological polar surface area (TPSA) is 101 Å². The van der Waals surface area contributed by atoms with Gasteiger partial charge in [-0.15, -0.1) is 10.2 Å². The Morgan fingerprint density at radius 1 is 1.35 bits per heavy atom. The van der Waals surface area contributed by atoms with Crippen LogP contribution in [-0.2, 0) is 10.8 Å². The zero-order valence-electron chi connectivity index (χ0n) is 9.13. The quantitative estimate of drug-likeness (QED) is 0.517. The van der Waals surface area contributed by atoms with Gasteiger partial charge in [-0.1, -0.05) is 0 Å². The van der Waals surface area contributed by atoms with Gasteiger partial charge in [0.15, 0.2) is 11.5 Å². The second kappa shape index (κ2) is 5.19. The summed E-state index contributed by atoms with van der Waals surface area (Å²) in [6.07, 6.45) is 0. The number of nitrogen functional groups attached to an aromatic ring is 1. The molecule has 0 aromatic carbocycles. The van der Waals surface area contributed by atoms with E-state index in [4.69, 9.17) is 5.84 Å². The number of carbonyl (C=O) groups excluding carboxylic acids is 1. The molecule has 1 aliphatic rings. The molecule has 2 heterocycles. The van der Waals surface area contributed by atoms with Crippen LogP contribution < -0.4 is 11.3 Å². The maximum atomic E-state index is 12.0. The number of anilines is 1. The van der Waals surface area contributed by atoms with E-state index < -0.39 is 10.8 Å². The van der Waals surface area contributed by atoms with Gasteiger partial charge in [0.1, 0.15) is 0 Å². The lowest BCUT2D eigenvalue weighted by Gasteiger charge is -2.25. The number of carbonyl (C=O) groups is 1. The van der Waals surface area contributed by atoms with Crippen molar-refractivity contribution in [1.29, 1.82) is 0 Å². The summed E-state index contributed by atoms with van der Waals surface area (Å²) >= 11 is 0. The Morgan fingerprint density at radius 2 is 2.06 bits per heavy atom. The molecule has 0 aliphatic carbocycles. The van der Waals surface area contributed by atoms with E-state index in [9.17, 15) is 9.00 Å². The van der Waals surface area contributed by atoms with E-state index in [1.54, 1.807) is 17.0 Å². The van der Waals surface area contributed by atoms with Gasteiger partial charge in [0.05, 0.1) is 0 Å². The van der Waals surface area contributed by atoms with Crippen molar-refractivity contribution in [2.45, 2.75) is 0 Å². The predicted molar refractivity (Wildman–Crippen MR) is 63.6 cm³/mol. The molecular weight excluding hydrogens is 242 g/mol. The van der Waals surface area contributed by atoms with Gasteiger partial charge in [-0.25, -0.2) is 5.84 Å². The molecule has 1 aliphatic heterocycles. The molecule has 0 saturated carbocycles. The highest BCUT2D eigenvalue weighted by molar-refractivity contribution is 7.85. The average Bonchev–Trinajstić information content (AvgIpc) is 2.39. The van der Waals surface area contributed by atoms with Crippen LogP contribution in [0.2, 0.25) is 0 Å². The van der Waals surface area contributed by atoms with E-state index in [0.717, 1.165) is 0 Å². The molecule has 2 rings (SSSR count). The standard InChI is InChI=1S/C9H13N5O2S/c10-11-8-2-1-7(12-13-8)9(15)14-3-5-17(16)6-4-14/h1-2H,3-6,10H2,(H,11,13). The van der Waals surface area contributed by atoms with Crippen LogP contribution in [0.25, 0.3) is 0 Å². The van der Waals surface area contributed by atoms with Crippen molar-refractivity contribution < 1.29 is 9.00 Å². The van der Waals surface area contributed by atoms with Gasteiger partial charge in [-0.2, -0.15) is 0 Å². The molecule has 7 nitrogen and oxygen atoms in total. The third kappa shape index (κ3) is 2.77. The molecule has 3 N–H and O–H groups in total. The number of nitrogens with two attached hydrogens (primary N) is 1. The molecule has 8 heteroatoms. The Hall–Kier alpha value is -1.54. The number of hydrazine groups is 1. The number of rotatable bonds is 2. The summed E-state index contributed by atoms with van der Waals surface area (Å²) in [5.41, 5.74) is 2.61. The van der Waals surface area contributed by atoms with Crippen LogP contribution in [-0.4, -0.2) is 49.8 Å². The maximum Gasteiger partial charge on any atom is 0.274 e. The highest BCUT2D eigenvalue weighted by atomic mass is 32.2. The molecule has 1 saturated heterocycles. The SMILES string of the molecule is NNc1ccc(C(=O)N2CCS(=O)CC2)nn1. The summed E-state index contributed by atoms with van der Waals surface area (Å²) in [6, 6.07) is 3.15. The van der Waals surface area contributed by atoms with Gasteiger partial charge in [-0.05, 0) is 12.1 Å². The fourth-order valence-electron chi connectivity index (χ4n) is 1.53. The molecule has 0 spiro atoms. The van der Waals surface area contributed by atoms with Gasteiger partial charge in [0.25, 0.3) is 5.91 Å². The zero-order valence-corrected chi connectivity index (χ0v) is 9.94. The Bertz CT molecular complexity index is 426. The summed E-state index contributed by atoms with van der Waals surface area (Å²) in [7, 11) is -0.795. The summed E-state index contributed by atoms with van der Waals surface area (Å²) in [5.74, 6) is 6.43. The molecule has 1 aromatic heterocycles. The summed E-state index contributed by atoms with van der Waals surface area (Å²) in [5, 5.41) is 7.52. The van der Waals surface area contributed by atoms with Gasteiger partial charge >= 0.3 is 0 Å². The van der Waals surface area contributed by atoms with Crippen molar-refractivity contribution in [3.8, 4) is 0 Å². The number of hydrogen-bond acceptors (Lipinski definition) is 6. The molecule has 92 valence electrons. The van der Waals surface area contributed by atoms with Crippen LogP contribution >= 0.6 is 0 Å². The normalized spacial score (nSPS) is 16.9. The summed E-state index contributed by atoms with van der Waals surface area (Å²) in [4.78, 5) is 13.6. The fourth-order valence-corrected chi connectivity index (χ4v) is 2.58. The molecule has 0 atom stereocenters. The number of aromatic nitrogens is 2. The minimum absolute atomic E-state index is 0.183. The van der Waals surface area contributed by atoms with Crippen molar-refractivity contribution in [2.75, 3.05) is 30.0 Å². The smallest absolute Gasteiger partial charge is 0.274 e. The van der Waals surface area contributed by atoms with Crippen molar-refractivity contribution >= 4 is 22.5 Å². The van der Waals surface area contributed by atoms with Gasteiger partial charge in [0, 0.05) is 35.4 Å². The van der Waals surface area contributed by atoms with Crippen LogP contribution in [0, 0.1) is 0 Å². The molecule has 1 fully saturated rings. The lowest BCUT2D eigenvalue weighted by Crippen LogP contribution is -2.42. The largest absolute Gasteiger partial charge is 0.335 e. The lowest BCUT2D eigenvalue weighted by molar-refractivity contribution is 0.0764. The second-order valence-electron chi connectivity index (χ2n) is 3.59. The Kier molecular flexibility index (Phi) is 3.64. The van der Waals surface area contributed by atoms with Crippen molar-refractivity contribution in [2.24, 2.45) is 5.84 Å². The number of hydrogen-bond donors (Lipinski definition) is 2. The number of amides is 1. The number of nitrogens with one attached hydrogen (secondary N) is 1. The van der Waals surface area contributed by atoms with Crippen molar-refractivity contribution in [1.82, 2.24) is 15.1 Å². The maximum absolute atomic E-state index is 12.0. The Morgan fingerprint density at radius 3 is 2.59 bits per heavy atom. The second-order valence-corrected chi connectivity index (χ2v) is 5.28. The first-order valence-electron chi connectivity index (χ1n) is 5.15. The zero-order chi connectivity index (χ0) is 12.3. The van der Waals surface area contributed by atoms with Crippen molar-refractivity contribution in [3.05, 3.63) is 17.8 Å². The minimum atomic E-state index is -0.795. The van der Waals surface area contributed by atoms with E-state index in [0.29, 0.717) is 30.4 Å². The van der Waals surface area contributed by atoms with E-state index in [1.807, 2.05) is 0 Å². The predicted octanol–water partition coefficient (Wildman–Crippen LogP) is -1.03. The highest BCUT2D eigenvalue weighted by Crippen LogP contribution is 2.07. The third-order valence-electron chi connectivity index (χ3n) is 2.50. The molecule has 0 bridgehead atoms. The van der Waals surface area contributed by atoms with E-state index in [-0.39, 0.29) is 11.6 Å². The first-order valence-corrected chi connectivity index (χ1v) is 6.64.